The van der Waals surface area contributed by atoms with Crippen molar-refractivity contribution < 1.29 is 47.9 Å². The first-order chi connectivity index (χ1) is 22.7. The van der Waals surface area contributed by atoms with E-state index in [1.54, 1.807) is 13.8 Å². The van der Waals surface area contributed by atoms with Gasteiger partial charge in [0.2, 0.25) is 0 Å². The van der Waals surface area contributed by atoms with Gasteiger partial charge in [0.05, 0.1) is 36.3 Å². The van der Waals surface area contributed by atoms with Crippen LogP contribution in [0, 0.1) is 46.3 Å². The highest BCUT2D eigenvalue weighted by Crippen LogP contribution is 2.45. The number of amides is 1. The van der Waals surface area contributed by atoms with Crippen molar-refractivity contribution in [3.05, 3.63) is 0 Å². The summed E-state index contributed by atoms with van der Waals surface area (Å²) in [6, 6.07) is -0.678. The maximum absolute atomic E-state index is 14.2. The lowest BCUT2D eigenvalue weighted by atomic mass is 9.69. The van der Waals surface area contributed by atoms with Gasteiger partial charge in [-0.2, -0.15) is 0 Å². The van der Waals surface area contributed by atoms with E-state index in [1.807, 2.05) is 48.5 Å². The molecule has 0 aromatic carbocycles. The van der Waals surface area contributed by atoms with Crippen LogP contribution < -0.4 is 5.32 Å². The number of rotatable bonds is 5. The Morgan fingerprint density at radius 1 is 0.857 bits per heavy atom. The molecule has 4 fully saturated rings. The van der Waals surface area contributed by atoms with Crippen LogP contribution in [0.4, 0.5) is 4.79 Å². The van der Waals surface area contributed by atoms with Crippen LogP contribution in [0.1, 0.15) is 116 Å². The van der Waals surface area contributed by atoms with Crippen LogP contribution in [0.15, 0.2) is 0 Å². The minimum atomic E-state index is -0.905. The molecule has 0 spiro atoms. The average Bonchev–Trinajstić information content (AvgIpc) is 3.40. The number of esters is 1. The molecule has 2 unspecified atom stereocenters. The van der Waals surface area contributed by atoms with E-state index in [-0.39, 0.29) is 29.3 Å². The molecule has 4 saturated heterocycles. The minimum absolute atomic E-state index is 0.0454. The number of ketones is 1. The second-order valence-corrected chi connectivity index (χ2v) is 17.3. The Morgan fingerprint density at radius 3 is 2.12 bits per heavy atom. The van der Waals surface area contributed by atoms with Crippen LogP contribution in [0.5, 0.6) is 0 Å². The summed E-state index contributed by atoms with van der Waals surface area (Å²) in [6.07, 6.45) is -3.86. The third kappa shape index (κ3) is 8.65. The molecule has 0 aromatic rings. The Bertz CT molecular complexity index is 1180. The molecular weight excluding hydrogens is 630 g/mol. The van der Waals surface area contributed by atoms with Gasteiger partial charge in [-0.3, -0.25) is 9.59 Å². The van der Waals surface area contributed by atoms with Crippen LogP contribution >= 0.6 is 0 Å². The maximum atomic E-state index is 14.2. The van der Waals surface area contributed by atoms with E-state index >= 15 is 0 Å². The number of carbonyl (C=O) groups is 3. The molecule has 11 heteroatoms. The second kappa shape index (κ2) is 15.4. The zero-order chi connectivity index (χ0) is 36.7. The monoisotopic (exact) mass is 695 g/mol. The lowest BCUT2D eigenvalue weighted by Gasteiger charge is -2.49. The molecule has 0 saturated carbocycles. The Balaban J connectivity index is 1.80. The van der Waals surface area contributed by atoms with E-state index in [0.717, 1.165) is 0 Å². The number of Topliss-reactive ketones (excluding diaryl/α,β-unsaturated/α-hetero) is 1. The van der Waals surface area contributed by atoms with Crippen LogP contribution in [-0.2, 0) is 38.0 Å². The quantitative estimate of drug-likeness (QED) is 0.328. The van der Waals surface area contributed by atoms with Crippen LogP contribution in [0.25, 0.3) is 0 Å². The molecule has 0 aromatic heterocycles. The molecule has 282 valence electrons. The van der Waals surface area contributed by atoms with Crippen LogP contribution in [0.3, 0.4) is 0 Å². The number of hydrogen-bond donors (Lipinski definition) is 2. The van der Waals surface area contributed by atoms with Crippen molar-refractivity contribution in [1.82, 2.24) is 5.32 Å². The lowest BCUT2D eigenvalue weighted by Crippen LogP contribution is -2.55. The van der Waals surface area contributed by atoms with Crippen LogP contribution in [-0.4, -0.2) is 84.3 Å². The molecule has 0 radical (unpaired) electrons. The van der Waals surface area contributed by atoms with Gasteiger partial charge < -0.3 is 38.8 Å². The number of alkyl carbamates (subject to hydrolysis) is 1. The number of cyclic esters (lactones) is 1. The fraction of sp³-hybridized carbons (Fsp3) is 0.921. The molecule has 16 atom stereocenters. The molecule has 11 nitrogen and oxygen atoms in total. The Hall–Kier alpha value is -1.79. The fourth-order valence-corrected chi connectivity index (χ4v) is 8.94. The first-order valence-corrected chi connectivity index (χ1v) is 18.7. The van der Waals surface area contributed by atoms with Gasteiger partial charge in [0.25, 0.3) is 0 Å². The van der Waals surface area contributed by atoms with E-state index < -0.39 is 90.3 Å². The average molecular weight is 696 g/mol. The fourth-order valence-electron chi connectivity index (χ4n) is 8.94. The van der Waals surface area contributed by atoms with Crippen molar-refractivity contribution in [2.75, 3.05) is 0 Å². The van der Waals surface area contributed by atoms with Gasteiger partial charge in [-0.05, 0) is 62.7 Å². The summed E-state index contributed by atoms with van der Waals surface area (Å²) >= 11 is 0. The third-order valence-corrected chi connectivity index (χ3v) is 12.4. The number of carbonyl (C=O) groups excluding carboxylic acids is 3. The van der Waals surface area contributed by atoms with Crippen molar-refractivity contribution in [2.45, 2.75) is 177 Å². The Kier molecular flexibility index (Phi) is 12.6. The van der Waals surface area contributed by atoms with Gasteiger partial charge in [0.1, 0.15) is 30.1 Å². The molecule has 2 N–H and O–H groups in total. The zero-order valence-electron chi connectivity index (χ0n) is 32.2. The molecule has 4 heterocycles. The highest BCUT2D eigenvalue weighted by atomic mass is 16.7. The molecular formula is C38H65NO10. The number of ether oxygens (including phenoxy) is 6. The summed E-state index contributed by atoms with van der Waals surface area (Å²) in [6.45, 7) is 26.1. The summed E-state index contributed by atoms with van der Waals surface area (Å²) in [5, 5.41) is 14.1. The highest BCUT2D eigenvalue weighted by Gasteiger charge is 2.52. The molecule has 4 aliphatic rings. The van der Waals surface area contributed by atoms with E-state index in [1.165, 1.54) is 0 Å². The van der Waals surface area contributed by atoms with Gasteiger partial charge in [0.15, 0.2) is 12.6 Å². The predicted octanol–water partition coefficient (Wildman–Crippen LogP) is 6.03. The van der Waals surface area contributed by atoms with Gasteiger partial charge >= 0.3 is 12.1 Å². The smallest absolute Gasteiger partial charge is 0.407 e. The van der Waals surface area contributed by atoms with Crippen molar-refractivity contribution in [3.63, 3.8) is 0 Å². The third-order valence-electron chi connectivity index (χ3n) is 12.4. The van der Waals surface area contributed by atoms with E-state index in [4.69, 9.17) is 28.4 Å². The number of nitrogens with one attached hydrogen (secondary N) is 1. The standard InChI is InChI=1S/C38H65NO10/c1-14-26-28-32(48-36(43)39-28)21(5)29(40)19(3)16-38(12,13)33(49-35-30(41)18(2)15-20(4)44-35)22(6)31(23(7)34(42)46-26)47-27-17-37(10,11)24(8)25(9)45-27/h18-28,30-33,35,41H,14-17H2,1-13H3,(H,39,43)/t18-,19+,20+,21-,22-,23+,24-,25-,26+,27?,28-,30+,31-,32+,33+,35?/m0/s1. The first-order valence-electron chi connectivity index (χ1n) is 18.7. The first kappa shape index (κ1) is 40.0. The topological polar surface area (TPSA) is 139 Å². The van der Waals surface area contributed by atoms with Crippen molar-refractivity contribution >= 4 is 17.8 Å². The van der Waals surface area contributed by atoms with Crippen LogP contribution in [0.2, 0.25) is 0 Å². The van der Waals surface area contributed by atoms with E-state index in [0.29, 0.717) is 31.6 Å². The van der Waals surface area contributed by atoms with Crippen molar-refractivity contribution in [1.29, 1.82) is 0 Å². The van der Waals surface area contributed by atoms with Crippen molar-refractivity contribution in [3.8, 4) is 0 Å². The van der Waals surface area contributed by atoms with Gasteiger partial charge in [-0.25, -0.2) is 4.79 Å². The summed E-state index contributed by atoms with van der Waals surface area (Å²) in [5.41, 5.74) is -0.741. The minimum Gasteiger partial charge on any atom is -0.460 e. The largest absolute Gasteiger partial charge is 0.460 e. The molecule has 4 aliphatic heterocycles. The Labute approximate surface area is 294 Å². The number of fused-ring (bicyclic) bond motifs is 1. The molecule has 4 rings (SSSR count). The summed E-state index contributed by atoms with van der Waals surface area (Å²) in [7, 11) is 0. The van der Waals surface area contributed by atoms with Gasteiger partial charge in [-0.15, -0.1) is 0 Å². The second-order valence-electron chi connectivity index (χ2n) is 17.3. The highest BCUT2D eigenvalue weighted by molar-refractivity contribution is 5.84. The lowest BCUT2D eigenvalue weighted by molar-refractivity contribution is -0.302. The molecule has 0 aliphatic carbocycles. The number of aliphatic hydroxyl groups excluding tert-OH is 1. The normalized spacial score (nSPS) is 46.5. The molecule has 1 amide bonds. The Morgan fingerprint density at radius 2 is 1.51 bits per heavy atom. The predicted molar refractivity (Wildman–Crippen MR) is 183 cm³/mol. The molecule has 0 bridgehead atoms. The van der Waals surface area contributed by atoms with Crippen molar-refractivity contribution in [2.24, 2.45) is 46.3 Å². The zero-order valence-corrected chi connectivity index (χ0v) is 32.2. The number of aliphatic hydroxyl groups is 1. The SMILES string of the molecule is CC[C@H]1OC(=O)[C@H](C)[C@@H](OC2CC(C)(C)[C@@H](C)[C@H](C)O2)[C@H](C)[C@@H](OC2O[C@H](C)C[C@H](C)[C@H]2O)C(C)(C)C[C@@H](C)C(=O)[C@H](C)[C@H]2OC(=O)N[C@H]21. The summed E-state index contributed by atoms with van der Waals surface area (Å²) in [4.78, 5) is 40.8. The van der Waals surface area contributed by atoms with Gasteiger partial charge in [0, 0.05) is 18.3 Å². The number of hydrogen-bond acceptors (Lipinski definition) is 10. The van der Waals surface area contributed by atoms with E-state index in [9.17, 15) is 19.5 Å². The summed E-state index contributed by atoms with van der Waals surface area (Å²) in [5.74, 6) is -2.56. The summed E-state index contributed by atoms with van der Waals surface area (Å²) < 4.78 is 38.2. The van der Waals surface area contributed by atoms with Gasteiger partial charge in [-0.1, -0.05) is 69.2 Å². The van der Waals surface area contributed by atoms with E-state index in [2.05, 4.69) is 33.0 Å². The maximum Gasteiger partial charge on any atom is 0.407 e. The molecule has 49 heavy (non-hydrogen) atoms.